The molecule has 0 saturated carbocycles. The molecule has 0 heterocycles. The van der Waals surface area contributed by atoms with Gasteiger partial charge < -0.3 is 9.84 Å². The van der Waals surface area contributed by atoms with Gasteiger partial charge in [0.05, 0.1) is 12.7 Å². The van der Waals surface area contributed by atoms with Gasteiger partial charge in [0.1, 0.15) is 0 Å². The van der Waals surface area contributed by atoms with E-state index < -0.39 is 0 Å². The van der Waals surface area contributed by atoms with E-state index in [1.165, 1.54) is 19.3 Å². The Morgan fingerprint density at radius 3 is 2.33 bits per heavy atom. The summed E-state index contributed by atoms with van der Waals surface area (Å²) in [5.41, 5.74) is 0. The summed E-state index contributed by atoms with van der Waals surface area (Å²) in [6.07, 6.45) is 7.97. The van der Waals surface area contributed by atoms with E-state index in [-0.39, 0.29) is 25.6 Å². The summed E-state index contributed by atoms with van der Waals surface area (Å²) in [6, 6.07) is 0. The smallest absolute Gasteiger partial charge is 0.305 e. The predicted molar refractivity (Wildman–Crippen MR) is 80.2 cm³/mol. The molecule has 0 spiro atoms. The summed E-state index contributed by atoms with van der Waals surface area (Å²) < 4.78 is 5.03. The first-order valence-corrected chi connectivity index (χ1v) is 7.04. The second-order valence-electron chi connectivity index (χ2n) is 4.62. The molecule has 1 N–H and O–H groups in total. The molecule has 4 heteroatoms. The standard InChI is InChI=1S/C14H28O3.H2S/c1-3-5-7-8-9-13(15)10-11-14(16)17-12-6-4-2;/h13,15H,3-12H2,1-2H3;1H2/t13-;/m0./s1. The number of esters is 1. The number of carbonyl (C=O) groups excluding carboxylic acids is 1. The topological polar surface area (TPSA) is 46.5 Å². The van der Waals surface area contributed by atoms with Gasteiger partial charge in [0.2, 0.25) is 0 Å². The van der Waals surface area contributed by atoms with Crippen LogP contribution in [0.4, 0.5) is 0 Å². The molecule has 0 aromatic heterocycles. The minimum atomic E-state index is -0.342. The Balaban J connectivity index is 0. The highest BCUT2D eigenvalue weighted by Gasteiger charge is 2.08. The lowest BCUT2D eigenvalue weighted by Gasteiger charge is -2.10. The van der Waals surface area contributed by atoms with Crippen LogP contribution in [0.25, 0.3) is 0 Å². The molecule has 0 aromatic rings. The van der Waals surface area contributed by atoms with Crippen LogP contribution < -0.4 is 0 Å². The molecular formula is C14H30O3S. The van der Waals surface area contributed by atoms with E-state index in [4.69, 9.17) is 4.74 Å². The van der Waals surface area contributed by atoms with Gasteiger partial charge in [-0.25, -0.2) is 0 Å². The van der Waals surface area contributed by atoms with Crippen molar-refractivity contribution in [3.8, 4) is 0 Å². The summed E-state index contributed by atoms with van der Waals surface area (Å²) in [7, 11) is 0. The highest BCUT2D eigenvalue weighted by atomic mass is 32.1. The molecule has 0 amide bonds. The summed E-state index contributed by atoms with van der Waals surface area (Å²) in [6.45, 7) is 4.75. The lowest BCUT2D eigenvalue weighted by Crippen LogP contribution is -2.12. The van der Waals surface area contributed by atoms with Crippen LogP contribution >= 0.6 is 13.5 Å². The van der Waals surface area contributed by atoms with Crippen LogP contribution in [-0.2, 0) is 9.53 Å². The highest BCUT2D eigenvalue weighted by molar-refractivity contribution is 7.59. The average molecular weight is 278 g/mol. The number of aliphatic hydroxyl groups is 1. The molecule has 1 atom stereocenters. The first kappa shape index (κ1) is 20.1. The van der Waals surface area contributed by atoms with Crippen molar-refractivity contribution in [1.29, 1.82) is 0 Å². The van der Waals surface area contributed by atoms with Crippen molar-refractivity contribution in [2.45, 2.75) is 77.7 Å². The van der Waals surface area contributed by atoms with Gasteiger partial charge in [-0.05, 0) is 19.3 Å². The normalized spacial score (nSPS) is 11.7. The van der Waals surface area contributed by atoms with Gasteiger partial charge in [-0.2, -0.15) is 13.5 Å². The zero-order valence-electron chi connectivity index (χ0n) is 11.9. The van der Waals surface area contributed by atoms with E-state index in [0.29, 0.717) is 19.4 Å². The van der Waals surface area contributed by atoms with Crippen LogP contribution in [0.5, 0.6) is 0 Å². The van der Waals surface area contributed by atoms with E-state index in [2.05, 4.69) is 13.8 Å². The summed E-state index contributed by atoms with van der Waals surface area (Å²) in [4.78, 5) is 11.3. The molecule has 0 rings (SSSR count). The van der Waals surface area contributed by atoms with Crippen molar-refractivity contribution in [3.05, 3.63) is 0 Å². The third kappa shape index (κ3) is 13.8. The van der Waals surface area contributed by atoms with E-state index in [9.17, 15) is 9.90 Å². The molecule has 0 aliphatic carbocycles. The van der Waals surface area contributed by atoms with Crippen LogP contribution in [0.15, 0.2) is 0 Å². The minimum absolute atomic E-state index is 0. The molecule has 0 fully saturated rings. The van der Waals surface area contributed by atoms with Crippen molar-refractivity contribution in [2.24, 2.45) is 0 Å². The second kappa shape index (κ2) is 14.8. The molecule has 0 bridgehead atoms. The quantitative estimate of drug-likeness (QED) is 0.464. The Hall–Kier alpha value is -0.220. The molecule has 0 unspecified atom stereocenters. The molecule has 3 nitrogen and oxygen atoms in total. The number of ether oxygens (including phenoxy) is 1. The zero-order valence-corrected chi connectivity index (χ0v) is 12.9. The number of carbonyl (C=O) groups is 1. The third-order valence-electron chi connectivity index (χ3n) is 2.83. The van der Waals surface area contributed by atoms with Crippen molar-refractivity contribution in [2.75, 3.05) is 6.61 Å². The van der Waals surface area contributed by atoms with Crippen LogP contribution in [0.2, 0.25) is 0 Å². The van der Waals surface area contributed by atoms with E-state index in [0.717, 1.165) is 25.7 Å². The average Bonchev–Trinajstić information content (AvgIpc) is 2.32. The third-order valence-corrected chi connectivity index (χ3v) is 2.83. The molecule has 0 aliphatic heterocycles. The summed E-state index contributed by atoms with van der Waals surface area (Å²) >= 11 is 0. The van der Waals surface area contributed by atoms with E-state index in [1.54, 1.807) is 0 Å². The number of hydrogen-bond acceptors (Lipinski definition) is 3. The maximum absolute atomic E-state index is 11.3. The Labute approximate surface area is 119 Å². The predicted octanol–water partition coefficient (Wildman–Crippen LogP) is 3.55. The fourth-order valence-electron chi connectivity index (χ4n) is 1.64. The van der Waals surface area contributed by atoms with Gasteiger partial charge in [0.15, 0.2) is 0 Å². The van der Waals surface area contributed by atoms with Crippen LogP contribution in [0, 0.1) is 0 Å². The van der Waals surface area contributed by atoms with Gasteiger partial charge >= 0.3 is 5.97 Å². The first-order valence-electron chi connectivity index (χ1n) is 7.04. The lowest BCUT2D eigenvalue weighted by atomic mass is 10.1. The van der Waals surface area contributed by atoms with Crippen LogP contribution in [-0.4, -0.2) is 23.8 Å². The second-order valence-corrected chi connectivity index (χ2v) is 4.62. The highest BCUT2D eigenvalue weighted by Crippen LogP contribution is 2.10. The molecule has 110 valence electrons. The first-order chi connectivity index (χ1) is 8.20. The Kier molecular flexibility index (Phi) is 16.6. The van der Waals surface area contributed by atoms with Gasteiger partial charge in [-0.1, -0.05) is 46.0 Å². The van der Waals surface area contributed by atoms with Gasteiger partial charge in [0, 0.05) is 6.42 Å². The summed E-state index contributed by atoms with van der Waals surface area (Å²) in [5, 5.41) is 9.66. The van der Waals surface area contributed by atoms with Crippen LogP contribution in [0.3, 0.4) is 0 Å². The minimum Gasteiger partial charge on any atom is -0.466 e. The van der Waals surface area contributed by atoms with Crippen molar-refractivity contribution < 1.29 is 14.6 Å². The van der Waals surface area contributed by atoms with Crippen molar-refractivity contribution in [1.82, 2.24) is 0 Å². The molecule has 18 heavy (non-hydrogen) atoms. The summed E-state index contributed by atoms with van der Waals surface area (Å²) in [5.74, 6) is -0.175. The maximum Gasteiger partial charge on any atom is 0.305 e. The van der Waals surface area contributed by atoms with Crippen molar-refractivity contribution in [3.63, 3.8) is 0 Å². The van der Waals surface area contributed by atoms with Crippen LogP contribution in [0.1, 0.15) is 71.6 Å². The molecule has 0 aliphatic rings. The van der Waals surface area contributed by atoms with Gasteiger partial charge in [-0.15, -0.1) is 0 Å². The fourth-order valence-corrected chi connectivity index (χ4v) is 1.64. The van der Waals surface area contributed by atoms with E-state index >= 15 is 0 Å². The Bertz CT molecular complexity index is 186. The Morgan fingerprint density at radius 1 is 1.06 bits per heavy atom. The number of aliphatic hydroxyl groups excluding tert-OH is 1. The largest absolute Gasteiger partial charge is 0.466 e. The SMILES string of the molecule is CCCCCC[C@H](O)CCC(=O)OCCCC.S. The maximum atomic E-state index is 11.3. The van der Waals surface area contributed by atoms with Gasteiger partial charge in [-0.3, -0.25) is 4.79 Å². The molecule has 0 saturated heterocycles. The van der Waals surface area contributed by atoms with E-state index in [1.807, 2.05) is 0 Å². The number of hydrogen-bond donors (Lipinski definition) is 1. The monoisotopic (exact) mass is 278 g/mol. The Morgan fingerprint density at radius 2 is 1.72 bits per heavy atom. The fraction of sp³-hybridized carbons (Fsp3) is 0.929. The van der Waals surface area contributed by atoms with Gasteiger partial charge in [0.25, 0.3) is 0 Å². The lowest BCUT2D eigenvalue weighted by molar-refractivity contribution is -0.144. The number of rotatable bonds is 11. The molecule has 0 radical (unpaired) electrons. The molecule has 0 aromatic carbocycles. The van der Waals surface area contributed by atoms with Crippen molar-refractivity contribution >= 4 is 19.5 Å². The zero-order chi connectivity index (χ0) is 12.9. The number of unbranched alkanes of at least 4 members (excludes halogenated alkanes) is 4. The molecular weight excluding hydrogens is 248 g/mol.